The van der Waals surface area contributed by atoms with Crippen LogP contribution in [-0.4, -0.2) is 0 Å². The highest BCUT2D eigenvalue weighted by Crippen LogP contribution is 2.27. The molecule has 0 saturated heterocycles. The minimum atomic E-state index is 0. The Kier molecular flexibility index (Phi) is 5.20. The van der Waals surface area contributed by atoms with Crippen LogP contribution in [0.1, 0.15) is 30.0 Å². The van der Waals surface area contributed by atoms with E-state index in [0.717, 1.165) is 0 Å². The van der Waals surface area contributed by atoms with Crippen molar-refractivity contribution in [3.63, 3.8) is 0 Å². The molecule has 0 amide bonds. The van der Waals surface area contributed by atoms with Crippen molar-refractivity contribution in [1.29, 1.82) is 0 Å². The van der Waals surface area contributed by atoms with Gasteiger partial charge in [-0.05, 0) is 11.1 Å². The molecule has 90 valence electrons. The molecule has 0 fully saturated rings. The Morgan fingerprint density at radius 3 is 1.65 bits per heavy atom. The largest absolute Gasteiger partial charge is 0.323 e. The Balaban J connectivity index is 0.00000144. The third kappa shape index (κ3) is 3.32. The molecule has 0 spiro atoms. The van der Waals surface area contributed by atoms with Crippen LogP contribution in [0.25, 0.3) is 0 Å². The van der Waals surface area contributed by atoms with Crippen molar-refractivity contribution in [3.8, 4) is 0 Å². The molecule has 2 N–H and O–H groups in total. The summed E-state index contributed by atoms with van der Waals surface area (Å²) >= 11 is 0. The SMILES string of the molecule is CC(c1ccccc1)C(N)c1ccccc1.Cl. The van der Waals surface area contributed by atoms with Crippen LogP contribution in [0.2, 0.25) is 0 Å². The van der Waals surface area contributed by atoms with Crippen molar-refractivity contribution in [3.05, 3.63) is 71.8 Å². The molecule has 2 aromatic carbocycles. The minimum absolute atomic E-state index is 0. The quantitative estimate of drug-likeness (QED) is 0.874. The normalized spacial score (nSPS) is 13.5. The second kappa shape index (κ2) is 6.43. The second-order valence-electron chi connectivity index (χ2n) is 4.14. The summed E-state index contributed by atoms with van der Waals surface area (Å²) < 4.78 is 0. The Bertz CT molecular complexity index is 384. The van der Waals surface area contributed by atoms with Crippen molar-refractivity contribution in [2.24, 2.45) is 5.73 Å². The summed E-state index contributed by atoms with van der Waals surface area (Å²) in [7, 11) is 0. The van der Waals surface area contributed by atoms with Gasteiger partial charge in [-0.1, -0.05) is 67.6 Å². The van der Waals surface area contributed by atoms with Crippen LogP contribution in [-0.2, 0) is 0 Å². The van der Waals surface area contributed by atoms with E-state index in [9.17, 15) is 0 Å². The van der Waals surface area contributed by atoms with E-state index in [1.165, 1.54) is 11.1 Å². The highest BCUT2D eigenvalue weighted by atomic mass is 35.5. The van der Waals surface area contributed by atoms with Crippen molar-refractivity contribution in [1.82, 2.24) is 0 Å². The predicted octanol–water partition coefficient (Wildman–Crippen LogP) is 3.91. The second-order valence-corrected chi connectivity index (χ2v) is 4.14. The molecule has 0 radical (unpaired) electrons. The van der Waals surface area contributed by atoms with Crippen LogP contribution < -0.4 is 5.73 Å². The maximum atomic E-state index is 6.27. The van der Waals surface area contributed by atoms with E-state index in [-0.39, 0.29) is 18.4 Å². The zero-order chi connectivity index (χ0) is 11.4. The average molecular weight is 248 g/mol. The Labute approximate surface area is 109 Å². The van der Waals surface area contributed by atoms with Gasteiger partial charge in [-0.2, -0.15) is 0 Å². The van der Waals surface area contributed by atoms with Crippen molar-refractivity contribution < 1.29 is 0 Å². The number of nitrogens with two attached hydrogens (primary N) is 1. The molecule has 2 unspecified atom stereocenters. The Morgan fingerprint density at radius 2 is 1.18 bits per heavy atom. The Morgan fingerprint density at radius 1 is 0.765 bits per heavy atom. The van der Waals surface area contributed by atoms with Gasteiger partial charge in [0, 0.05) is 12.0 Å². The maximum absolute atomic E-state index is 6.27. The number of rotatable bonds is 3. The molecule has 17 heavy (non-hydrogen) atoms. The van der Waals surface area contributed by atoms with Crippen LogP contribution in [0.15, 0.2) is 60.7 Å². The first-order valence-corrected chi connectivity index (χ1v) is 5.64. The standard InChI is InChI=1S/C15H17N.ClH/c1-12(13-8-4-2-5-9-13)15(16)14-10-6-3-7-11-14;/h2-12,15H,16H2,1H3;1H. The fourth-order valence-corrected chi connectivity index (χ4v) is 1.93. The smallest absolute Gasteiger partial charge is 0.0361 e. The van der Waals surface area contributed by atoms with Crippen molar-refractivity contribution in [2.75, 3.05) is 0 Å². The van der Waals surface area contributed by atoms with Gasteiger partial charge in [0.2, 0.25) is 0 Å². The van der Waals surface area contributed by atoms with E-state index in [2.05, 4.69) is 43.3 Å². The average Bonchev–Trinajstić information content (AvgIpc) is 2.39. The van der Waals surface area contributed by atoms with E-state index >= 15 is 0 Å². The molecular weight excluding hydrogens is 230 g/mol. The first-order valence-electron chi connectivity index (χ1n) is 5.64. The van der Waals surface area contributed by atoms with Crippen LogP contribution >= 0.6 is 12.4 Å². The molecule has 0 aliphatic rings. The molecule has 0 aliphatic heterocycles. The van der Waals surface area contributed by atoms with Crippen LogP contribution in [0.5, 0.6) is 0 Å². The van der Waals surface area contributed by atoms with Gasteiger partial charge in [0.1, 0.15) is 0 Å². The molecule has 0 bridgehead atoms. The predicted molar refractivity (Wildman–Crippen MR) is 75.5 cm³/mol. The molecule has 2 heteroatoms. The van der Waals surface area contributed by atoms with Gasteiger partial charge < -0.3 is 5.73 Å². The van der Waals surface area contributed by atoms with Gasteiger partial charge in [-0.25, -0.2) is 0 Å². The summed E-state index contributed by atoms with van der Waals surface area (Å²) in [4.78, 5) is 0. The van der Waals surface area contributed by atoms with Gasteiger partial charge in [-0.3, -0.25) is 0 Å². The molecule has 0 saturated carbocycles. The highest BCUT2D eigenvalue weighted by Gasteiger charge is 2.15. The van der Waals surface area contributed by atoms with Crippen LogP contribution in [0.4, 0.5) is 0 Å². The first-order chi connectivity index (χ1) is 7.79. The van der Waals surface area contributed by atoms with E-state index in [0.29, 0.717) is 5.92 Å². The molecule has 2 atom stereocenters. The van der Waals surface area contributed by atoms with Gasteiger partial charge in [0.15, 0.2) is 0 Å². The molecule has 0 heterocycles. The Hall–Kier alpha value is -1.31. The summed E-state index contributed by atoms with van der Waals surface area (Å²) in [6.07, 6.45) is 0. The molecule has 2 rings (SSSR count). The lowest BCUT2D eigenvalue weighted by molar-refractivity contribution is 0.598. The summed E-state index contributed by atoms with van der Waals surface area (Å²) in [5, 5.41) is 0. The monoisotopic (exact) mass is 247 g/mol. The molecule has 0 aromatic heterocycles. The van der Waals surface area contributed by atoms with Crippen LogP contribution in [0, 0.1) is 0 Å². The van der Waals surface area contributed by atoms with Crippen molar-refractivity contribution in [2.45, 2.75) is 18.9 Å². The topological polar surface area (TPSA) is 26.0 Å². The summed E-state index contributed by atoms with van der Waals surface area (Å²) in [5.41, 5.74) is 8.75. The summed E-state index contributed by atoms with van der Waals surface area (Å²) in [5.74, 6) is 0.337. The number of hydrogen-bond acceptors (Lipinski definition) is 1. The number of benzene rings is 2. The van der Waals surface area contributed by atoms with Crippen LogP contribution in [0.3, 0.4) is 0 Å². The van der Waals surface area contributed by atoms with E-state index in [4.69, 9.17) is 5.73 Å². The fourth-order valence-electron chi connectivity index (χ4n) is 1.93. The molecule has 0 aliphatic carbocycles. The fraction of sp³-hybridized carbons (Fsp3) is 0.200. The minimum Gasteiger partial charge on any atom is -0.323 e. The third-order valence-electron chi connectivity index (χ3n) is 3.05. The lowest BCUT2D eigenvalue weighted by Gasteiger charge is -2.20. The number of hydrogen-bond donors (Lipinski definition) is 1. The molecule has 2 aromatic rings. The van der Waals surface area contributed by atoms with E-state index < -0.39 is 0 Å². The lowest BCUT2D eigenvalue weighted by atomic mass is 9.89. The van der Waals surface area contributed by atoms with Gasteiger partial charge in [0.05, 0.1) is 0 Å². The molecular formula is C15H18ClN. The third-order valence-corrected chi connectivity index (χ3v) is 3.05. The van der Waals surface area contributed by atoms with Gasteiger partial charge in [-0.15, -0.1) is 12.4 Å². The maximum Gasteiger partial charge on any atom is 0.0361 e. The van der Waals surface area contributed by atoms with E-state index in [1.54, 1.807) is 0 Å². The lowest BCUT2D eigenvalue weighted by Crippen LogP contribution is -2.17. The van der Waals surface area contributed by atoms with Crippen molar-refractivity contribution >= 4 is 12.4 Å². The number of halogens is 1. The van der Waals surface area contributed by atoms with E-state index in [1.807, 2.05) is 24.3 Å². The van der Waals surface area contributed by atoms with Gasteiger partial charge >= 0.3 is 0 Å². The highest BCUT2D eigenvalue weighted by molar-refractivity contribution is 5.85. The first kappa shape index (κ1) is 13.8. The zero-order valence-corrected chi connectivity index (χ0v) is 10.7. The zero-order valence-electron chi connectivity index (χ0n) is 9.91. The summed E-state index contributed by atoms with van der Waals surface area (Å²) in [6.45, 7) is 2.17. The molecule has 1 nitrogen and oxygen atoms in total. The van der Waals surface area contributed by atoms with Gasteiger partial charge in [0.25, 0.3) is 0 Å². The summed E-state index contributed by atoms with van der Waals surface area (Å²) in [6, 6.07) is 20.7.